The van der Waals surface area contributed by atoms with E-state index in [9.17, 15) is 5.11 Å². The molecular weight excluding hydrogens is 368 g/mol. The van der Waals surface area contributed by atoms with Crippen LogP contribution in [0, 0.1) is 18.3 Å². The molecule has 0 aliphatic heterocycles. The number of nitrogen functional groups attached to an aromatic ring is 1. The maximum atomic E-state index is 9.78. The van der Waals surface area contributed by atoms with Gasteiger partial charge in [-0.25, -0.2) is 15.0 Å². The standard InChI is InChI=1S/C20H24N8O/c1-13-9-14(10-25-18(13)22)17-15(11-28(27-17)20(2,3)12-29)16-5-8-24-19(26-16)23-7-4-6-21/h5,8-11,29H,4,7,12H2,1-3H3,(H2,22,25)(H,23,24,26). The van der Waals surface area contributed by atoms with Gasteiger partial charge >= 0.3 is 0 Å². The number of hydrogen-bond donors (Lipinski definition) is 3. The second kappa shape index (κ2) is 8.24. The molecule has 0 aromatic carbocycles. The number of nitrogens with two attached hydrogens (primary N) is 1. The molecule has 3 aromatic rings. The second-order valence-corrected chi connectivity index (χ2v) is 7.33. The summed E-state index contributed by atoms with van der Waals surface area (Å²) in [5.41, 5.74) is 9.07. The second-order valence-electron chi connectivity index (χ2n) is 7.33. The monoisotopic (exact) mass is 392 g/mol. The fourth-order valence-electron chi connectivity index (χ4n) is 2.70. The molecule has 0 saturated heterocycles. The molecule has 0 atom stereocenters. The van der Waals surface area contributed by atoms with Crippen LogP contribution in [0.25, 0.3) is 22.5 Å². The van der Waals surface area contributed by atoms with Crippen LogP contribution < -0.4 is 11.1 Å². The molecule has 3 aromatic heterocycles. The van der Waals surface area contributed by atoms with E-state index < -0.39 is 5.54 Å². The highest BCUT2D eigenvalue weighted by Crippen LogP contribution is 2.33. The summed E-state index contributed by atoms with van der Waals surface area (Å²) in [5.74, 6) is 0.904. The van der Waals surface area contributed by atoms with Crippen LogP contribution in [0.2, 0.25) is 0 Å². The summed E-state index contributed by atoms with van der Waals surface area (Å²) in [5, 5.41) is 26.3. The van der Waals surface area contributed by atoms with Gasteiger partial charge in [0.25, 0.3) is 0 Å². The summed E-state index contributed by atoms with van der Waals surface area (Å²) in [6.45, 7) is 6.08. The van der Waals surface area contributed by atoms with E-state index in [0.717, 1.165) is 16.7 Å². The zero-order chi connectivity index (χ0) is 21.0. The number of nitrogens with zero attached hydrogens (tertiary/aromatic N) is 6. The van der Waals surface area contributed by atoms with Gasteiger partial charge in [-0.15, -0.1) is 0 Å². The van der Waals surface area contributed by atoms with Crippen molar-refractivity contribution in [3.8, 4) is 28.6 Å². The molecule has 0 aliphatic carbocycles. The highest BCUT2D eigenvalue weighted by Gasteiger charge is 2.24. The van der Waals surface area contributed by atoms with E-state index in [1.165, 1.54) is 0 Å². The molecule has 0 spiro atoms. The molecule has 0 unspecified atom stereocenters. The van der Waals surface area contributed by atoms with E-state index in [0.29, 0.717) is 36.1 Å². The predicted molar refractivity (Wildman–Crippen MR) is 111 cm³/mol. The summed E-state index contributed by atoms with van der Waals surface area (Å²) in [6.07, 6.45) is 5.55. The van der Waals surface area contributed by atoms with Crippen LogP contribution in [0.4, 0.5) is 11.8 Å². The highest BCUT2D eigenvalue weighted by atomic mass is 16.3. The molecule has 0 aliphatic rings. The maximum absolute atomic E-state index is 9.78. The highest BCUT2D eigenvalue weighted by molar-refractivity contribution is 5.79. The first-order valence-electron chi connectivity index (χ1n) is 9.23. The average Bonchev–Trinajstić information content (AvgIpc) is 3.17. The molecule has 0 bridgehead atoms. The zero-order valence-electron chi connectivity index (χ0n) is 16.7. The first kappa shape index (κ1) is 20.2. The van der Waals surface area contributed by atoms with E-state index in [2.05, 4.69) is 26.3 Å². The lowest BCUT2D eigenvalue weighted by atomic mass is 10.1. The van der Waals surface area contributed by atoms with Gasteiger partial charge in [0.15, 0.2) is 0 Å². The quantitative estimate of drug-likeness (QED) is 0.521. The molecule has 9 heteroatoms. The van der Waals surface area contributed by atoms with Gasteiger partial charge in [-0.3, -0.25) is 4.68 Å². The number of nitrogens with one attached hydrogen (secondary N) is 1. The lowest BCUT2D eigenvalue weighted by molar-refractivity contribution is 0.152. The predicted octanol–water partition coefficient (Wildman–Crippen LogP) is 2.35. The van der Waals surface area contributed by atoms with Crippen molar-refractivity contribution in [1.29, 1.82) is 5.26 Å². The van der Waals surface area contributed by atoms with Gasteiger partial charge in [0, 0.05) is 36.3 Å². The number of aliphatic hydroxyl groups excluding tert-OH is 1. The molecule has 3 rings (SSSR count). The van der Waals surface area contributed by atoms with Gasteiger partial charge in [0.2, 0.25) is 5.95 Å². The Morgan fingerprint density at radius 1 is 1.34 bits per heavy atom. The van der Waals surface area contributed by atoms with Gasteiger partial charge in [-0.2, -0.15) is 10.4 Å². The number of hydrogen-bond acceptors (Lipinski definition) is 8. The Bertz CT molecular complexity index is 1050. The zero-order valence-corrected chi connectivity index (χ0v) is 16.7. The minimum atomic E-state index is -0.593. The van der Waals surface area contributed by atoms with E-state index in [-0.39, 0.29) is 6.61 Å². The molecule has 4 N–H and O–H groups in total. The molecule has 0 fully saturated rings. The largest absolute Gasteiger partial charge is 0.394 e. The number of pyridine rings is 1. The Balaban J connectivity index is 2.11. The number of anilines is 2. The Labute approximate surface area is 169 Å². The van der Waals surface area contributed by atoms with Gasteiger partial charge in [0.1, 0.15) is 11.5 Å². The molecule has 0 saturated carbocycles. The number of aliphatic hydroxyl groups is 1. The molecule has 9 nitrogen and oxygen atoms in total. The van der Waals surface area contributed by atoms with Crippen LogP contribution in [0.1, 0.15) is 25.8 Å². The van der Waals surface area contributed by atoms with Crippen molar-refractivity contribution in [3.63, 3.8) is 0 Å². The molecule has 0 radical (unpaired) electrons. The first-order chi connectivity index (χ1) is 13.9. The summed E-state index contributed by atoms with van der Waals surface area (Å²) in [4.78, 5) is 13.0. The molecular formula is C20H24N8O. The smallest absolute Gasteiger partial charge is 0.223 e. The van der Waals surface area contributed by atoms with Crippen LogP contribution in [-0.4, -0.2) is 43.0 Å². The van der Waals surface area contributed by atoms with E-state index in [1.807, 2.05) is 33.0 Å². The summed E-state index contributed by atoms with van der Waals surface area (Å²) in [6, 6.07) is 5.80. The van der Waals surface area contributed by atoms with E-state index in [4.69, 9.17) is 16.1 Å². The van der Waals surface area contributed by atoms with Crippen molar-refractivity contribution in [2.45, 2.75) is 32.7 Å². The van der Waals surface area contributed by atoms with E-state index in [1.54, 1.807) is 23.1 Å². The lowest BCUT2D eigenvalue weighted by Crippen LogP contribution is -2.30. The van der Waals surface area contributed by atoms with Gasteiger partial charge < -0.3 is 16.2 Å². The summed E-state index contributed by atoms with van der Waals surface area (Å²) < 4.78 is 1.73. The Morgan fingerprint density at radius 2 is 2.14 bits per heavy atom. The van der Waals surface area contributed by atoms with Crippen molar-refractivity contribution in [2.24, 2.45) is 0 Å². The minimum Gasteiger partial charge on any atom is -0.394 e. The summed E-state index contributed by atoms with van der Waals surface area (Å²) in [7, 11) is 0. The fourth-order valence-corrected chi connectivity index (χ4v) is 2.70. The number of nitriles is 1. The van der Waals surface area contributed by atoms with Crippen molar-refractivity contribution in [1.82, 2.24) is 24.7 Å². The first-order valence-corrected chi connectivity index (χ1v) is 9.23. The van der Waals surface area contributed by atoms with Crippen LogP contribution in [0.15, 0.2) is 30.7 Å². The van der Waals surface area contributed by atoms with Crippen molar-refractivity contribution < 1.29 is 5.11 Å². The average molecular weight is 392 g/mol. The minimum absolute atomic E-state index is 0.0721. The number of aryl methyl sites for hydroxylation is 1. The van der Waals surface area contributed by atoms with Crippen LogP contribution in [0.5, 0.6) is 0 Å². The Morgan fingerprint density at radius 3 is 2.83 bits per heavy atom. The van der Waals surface area contributed by atoms with Crippen molar-refractivity contribution in [3.05, 3.63) is 36.3 Å². The topological polar surface area (TPSA) is 139 Å². The van der Waals surface area contributed by atoms with Gasteiger partial charge in [0.05, 0.1) is 30.3 Å². The van der Waals surface area contributed by atoms with E-state index >= 15 is 0 Å². The fraction of sp³-hybridized carbons (Fsp3) is 0.350. The Hall–Kier alpha value is -3.51. The molecule has 3 heterocycles. The van der Waals surface area contributed by atoms with Gasteiger partial charge in [-0.1, -0.05) is 0 Å². The Kier molecular flexibility index (Phi) is 5.75. The van der Waals surface area contributed by atoms with Crippen molar-refractivity contribution >= 4 is 11.8 Å². The summed E-state index contributed by atoms with van der Waals surface area (Å²) >= 11 is 0. The third-order valence-corrected chi connectivity index (χ3v) is 4.57. The van der Waals surface area contributed by atoms with Crippen molar-refractivity contribution in [2.75, 3.05) is 24.2 Å². The SMILES string of the molecule is Cc1cc(-c2nn(C(C)(C)CO)cc2-c2ccnc(NCCC#N)n2)cnc1N. The lowest BCUT2D eigenvalue weighted by Gasteiger charge is -2.22. The molecule has 150 valence electrons. The van der Waals surface area contributed by atoms with Gasteiger partial charge in [-0.05, 0) is 38.5 Å². The molecule has 29 heavy (non-hydrogen) atoms. The third-order valence-electron chi connectivity index (χ3n) is 4.57. The third kappa shape index (κ3) is 4.33. The normalized spacial score (nSPS) is 11.3. The maximum Gasteiger partial charge on any atom is 0.223 e. The van der Waals surface area contributed by atoms with Crippen LogP contribution in [-0.2, 0) is 5.54 Å². The molecule has 0 amide bonds. The van der Waals surface area contributed by atoms with Crippen LogP contribution in [0.3, 0.4) is 0 Å². The number of aromatic nitrogens is 5. The van der Waals surface area contributed by atoms with Crippen LogP contribution >= 0.6 is 0 Å². The number of rotatable bonds is 7.